The van der Waals surface area contributed by atoms with Crippen molar-refractivity contribution in [3.8, 4) is 11.3 Å². The first-order chi connectivity index (χ1) is 13.2. The molecule has 0 bridgehead atoms. The fourth-order valence-corrected chi connectivity index (χ4v) is 3.62. The lowest BCUT2D eigenvalue weighted by molar-refractivity contribution is 0.223. The number of likely N-dealkylation sites (tertiary alicyclic amines) is 1. The number of hydrogen-bond donors (Lipinski definition) is 0. The van der Waals surface area contributed by atoms with Crippen molar-refractivity contribution in [3.63, 3.8) is 0 Å². The van der Waals surface area contributed by atoms with Crippen LogP contribution in [-0.4, -0.2) is 43.8 Å². The third-order valence-corrected chi connectivity index (χ3v) is 5.02. The van der Waals surface area contributed by atoms with Gasteiger partial charge in [-0.15, -0.1) is 0 Å². The number of oxazole rings is 1. The van der Waals surface area contributed by atoms with Gasteiger partial charge in [-0.2, -0.15) is 5.10 Å². The first-order valence-corrected chi connectivity index (χ1v) is 9.33. The monoisotopic (exact) mass is 365 g/mol. The van der Waals surface area contributed by atoms with E-state index in [9.17, 15) is 4.79 Å². The quantitative estimate of drug-likeness (QED) is 0.667. The summed E-state index contributed by atoms with van der Waals surface area (Å²) in [4.78, 5) is 23.0. The zero-order chi connectivity index (χ0) is 18.6. The van der Waals surface area contributed by atoms with Gasteiger partial charge < -0.3 is 4.42 Å². The summed E-state index contributed by atoms with van der Waals surface area (Å²) in [7, 11) is 0. The molecule has 140 valence electrons. The number of hydrogen-bond acceptors (Lipinski definition) is 6. The third kappa shape index (κ3) is 4.14. The summed E-state index contributed by atoms with van der Waals surface area (Å²) in [5, 5.41) is 4.57. The molecule has 0 amide bonds. The van der Waals surface area contributed by atoms with Crippen molar-refractivity contribution in [1.29, 1.82) is 0 Å². The first kappa shape index (κ1) is 17.6. The third-order valence-electron chi connectivity index (χ3n) is 5.02. The van der Waals surface area contributed by atoms with Crippen LogP contribution in [0.25, 0.3) is 11.3 Å². The Bertz CT molecular complexity index is 950. The summed E-state index contributed by atoms with van der Waals surface area (Å²) in [6.07, 6.45) is 8.32. The normalized spacial score (nSPS) is 17.4. The fourth-order valence-electron chi connectivity index (χ4n) is 3.62. The van der Waals surface area contributed by atoms with E-state index in [4.69, 9.17) is 4.42 Å². The molecule has 1 aliphatic rings. The van der Waals surface area contributed by atoms with Gasteiger partial charge in [-0.1, -0.05) is 0 Å². The molecule has 3 aromatic heterocycles. The molecular formula is C20H23N5O2. The van der Waals surface area contributed by atoms with Crippen LogP contribution in [0, 0.1) is 6.92 Å². The summed E-state index contributed by atoms with van der Waals surface area (Å²) < 4.78 is 7.16. The minimum absolute atomic E-state index is 0.0691. The highest BCUT2D eigenvalue weighted by Crippen LogP contribution is 2.20. The lowest BCUT2D eigenvalue weighted by Gasteiger charge is -2.24. The van der Waals surface area contributed by atoms with Gasteiger partial charge in [0.05, 0.1) is 18.4 Å². The number of nitrogens with zero attached hydrogens (tertiary/aromatic N) is 5. The molecule has 1 fully saturated rings. The second-order valence-electron chi connectivity index (χ2n) is 6.91. The van der Waals surface area contributed by atoms with Crippen molar-refractivity contribution in [1.82, 2.24) is 24.6 Å². The zero-order valence-corrected chi connectivity index (χ0v) is 15.4. The SMILES string of the molecule is Cc1ncc(CCN2CCCC2Cn2nc(-c3cccnc3)ccc2=O)o1. The molecule has 4 heterocycles. The second-order valence-corrected chi connectivity index (χ2v) is 6.91. The van der Waals surface area contributed by atoms with Crippen LogP contribution in [0.3, 0.4) is 0 Å². The van der Waals surface area contributed by atoms with Gasteiger partial charge >= 0.3 is 0 Å². The second kappa shape index (κ2) is 7.84. The van der Waals surface area contributed by atoms with E-state index in [2.05, 4.69) is 20.0 Å². The first-order valence-electron chi connectivity index (χ1n) is 9.33. The number of pyridine rings is 1. The van der Waals surface area contributed by atoms with E-state index in [-0.39, 0.29) is 5.56 Å². The minimum atomic E-state index is -0.0691. The summed E-state index contributed by atoms with van der Waals surface area (Å²) in [6, 6.07) is 7.48. The molecule has 0 aromatic carbocycles. The Morgan fingerprint density at radius 1 is 1.26 bits per heavy atom. The molecule has 1 unspecified atom stereocenters. The van der Waals surface area contributed by atoms with Crippen LogP contribution in [0.15, 0.2) is 52.1 Å². The van der Waals surface area contributed by atoms with Crippen LogP contribution in [0.4, 0.5) is 0 Å². The molecule has 1 atom stereocenters. The van der Waals surface area contributed by atoms with E-state index in [1.54, 1.807) is 35.4 Å². The minimum Gasteiger partial charge on any atom is -0.446 e. The molecule has 7 nitrogen and oxygen atoms in total. The topological polar surface area (TPSA) is 77.1 Å². The maximum atomic E-state index is 12.3. The number of aromatic nitrogens is 4. The van der Waals surface area contributed by atoms with Crippen LogP contribution in [0.1, 0.15) is 24.5 Å². The van der Waals surface area contributed by atoms with Crippen LogP contribution in [-0.2, 0) is 13.0 Å². The molecule has 7 heteroatoms. The highest BCUT2D eigenvalue weighted by molar-refractivity contribution is 5.56. The average molecular weight is 365 g/mol. The predicted molar refractivity (Wildman–Crippen MR) is 101 cm³/mol. The summed E-state index contributed by atoms with van der Waals surface area (Å²) in [6.45, 7) is 4.39. The van der Waals surface area contributed by atoms with Gasteiger partial charge in [0.25, 0.3) is 5.56 Å². The van der Waals surface area contributed by atoms with Crippen molar-refractivity contribution >= 4 is 0 Å². The van der Waals surface area contributed by atoms with Crippen LogP contribution in [0.2, 0.25) is 0 Å². The predicted octanol–water partition coefficient (Wildman–Crippen LogP) is 2.31. The van der Waals surface area contributed by atoms with E-state index >= 15 is 0 Å². The Balaban J connectivity index is 1.46. The summed E-state index contributed by atoms with van der Waals surface area (Å²) in [5.74, 6) is 1.61. The molecule has 0 N–H and O–H groups in total. The van der Waals surface area contributed by atoms with Gasteiger partial charge in [0.1, 0.15) is 5.76 Å². The Morgan fingerprint density at radius 3 is 2.96 bits per heavy atom. The zero-order valence-electron chi connectivity index (χ0n) is 15.4. The Labute approximate surface area is 157 Å². The molecule has 3 aromatic rings. The largest absolute Gasteiger partial charge is 0.446 e. The maximum absolute atomic E-state index is 12.3. The van der Waals surface area contributed by atoms with Crippen molar-refractivity contribution < 1.29 is 4.42 Å². The molecule has 27 heavy (non-hydrogen) atoms. The van der Waals surface area contributed by atoms with Crippen molar-refractivity contribution in [2.45, 2.75) is 38.8 Å². The van der Waals surface area contributed by atoms with Crippen molar-refractivity contribution in [3.05, 3.63) is 64.9 Å². The summed E-state index contributed by atoms with van der Waals surface area (Å²) in [5.41, 5.74) is 1.61. The number of aryl methyl sites for hydroxylation is 1. The van der Waals surface area contributed by atoms with E-state index in [1.165, 1.54) is 0 Å². The Kier molecular flexibility index (Phi) is 5.11. The highest BCUT2D eigenvalue weighted by atomic mass is 16.4. The van der Waals surface area contributed by atoms with Crippen LogP contribution >= 0.6 is 0 Å². The van der Waals surface area contributed by atoms with Gasteiger partial charge in [-0.3, -0.25) is 14.7 Å². The van der Waals surface area contributed by atoms with Crippen LogP contribution < -0.4 is 5.56 Å². The molecular weight excluding hydrogens is 342 g/mol. The lowest BCUT2D eigenvalue weighted by atomic mass is 10.2. The van der Waals surface area contributed by atoms with Gasteiger partial charge in [0, 0.05) is 50.0 Å². The van der Waals surface area contributed by atoms with E-state index < -0.39 is 0 Å². The molecule has 4 rings (SSSR count). The molecule has 0 aliphatic carbocycles. The molecule has 0 spiro atoms. The van der Waals surface area contributed by atoms with Crippen molar-refractivity contribution in [2.75, 3.05) is 13.1 Å². The standard InChI is InChI=1S/C20H23N5O2/c1-15-22-13-18(27-15)8-11-24-10-3-5-17(24)14-25-20(26)7-6-19(23-25)16-4-2-9-21-12-16/h2,4,6-7,9,12-13,17H,3,5,8,10-11,14H2,1H3. The molecule has 0 saturated carbocycles. The fraction of sp³-hybridized carbons (Fsp3) is 0.400. The summed E-state index contributed by atoms with van der Waals surface area (Å²) >= 11 is 0. The van der Waals surface area contributed by atoms with Gasteiger partial charge in [0.15, 0.2) is 5.89 Å². The molecule has 1 saturated heterocycles. The van der Waals surface area contributed by atoms with Gasteiger partial charge in [-0.25, -0.2) is 9.67 Å². The van der Waals surface area contributed by atoms with E-state index in [0.717, 1.165) is 49.4 Å². The smallest absolute Gasteiger partial charge is 0.266 e. The van der Waals surface area contributed by atoms with E-state index in [0.29, 0.717) is 18.5 Å². The highest BCUT2D eigenvalue weighted by Gasteiger charge is 2.25. The Hall–Kier alpha value is -2.80. The average Bonchev–Trinajstić information content (AvgIpc) is 3.31. The van der Waals surface area contributed by atoms with Crippen molar-refractivity contribution in [2.24, 2.45) is 0 Å². The van der Waals surface area contributed by atoms with Gasteiger partial charge in [-0.05, 0) is 37.6 Å². The maximum Gasteiger partial charge on any atom is 0.266 e. The molecule has 0 radical (unpaired) electrons. The van der Waals surface area contributed by atoms with E-state index in [1.807, 2.05) is 19.1 Å². The van der Waals surface area contributed by atoms with Crippen LogP contribution in [0.5, 0.6) is 0 Å². The molecule has 1 aliphatic heterocycles. The number of rotatable bonds is 6. The Morgan fingerprint density at radius 2 is 2.19 bits per heavy atom. The lowest BCUT2D eigenvalue weighted by Crippen LogP contribution is -2.38. The van der Waals surface area contributed by atoms with Gasteiger partial charge in [0.2, 0.25) is 0 Å².